The summed E-state index contributed by atoms with van der Waals surface area (Å²) in [4.78, 5) is 0. The van der Waals surface area contributed by atoms with E-state index in [1.807, 2.05) is 44.2 Å². The molecular formula is C18H19ClN2O2. The third-order valence-corrected chi connectivity index (χ3v) is 4.17. The van der Waals surface area contributed by atoms with E-state index in [9.17, 15) is 0 Å². The molecule has 2 aromatic rings. The van der Waals surface area contributed by atoms with Crippen molar-refractivity contribution in [2.24, 2.45) is 5.10 Å². The minimum Gasteiger partial charge on any atom is -0.454 e. The van der Waals surface area contributed by atoms with Gasteiger partial charge in [0.25, 0.3) is 0 Å². The highest BCUT2D eigenvalue weighted by Crippen LogP contribution is 2.32. The molecule has 0 spiro atoms. The lowest BCUT2D eigenvalue weighted by Crippen LogP contribution is -2.00. The van der Waals surface area contributed by atoms with Crippen molar-refractivity contribution in [2.75, 3.05) is 12.2 Å². The average Bonchev–Trinajstić information content (AvgIpc) is 3.01. The summed E-state index contributed by atoms with van der Waals surface area (Å²) < 4.78 is 10.7. The summed E-state index contributed by atoms with van der Waals surface area (Å²) in [5.74, 6) is 1.64. The van der Waals surface area contributed by atoms with Crippen molar-refractivity contribution in [1.82, 2.24) is 0 Å². The van der Waals surface area contributed by atoms with Crippen molar-refractivity contribution in [2.45, 2.75) is 26.7 Å². The van der Waals surface area contributed by atoms with Gasteiger partial charge in [0.15, 0.2) is 11.5 Å². The van der Waals surface area contributed by atoms with E-state index in [1.165, 1.54) is 5.56 Å². The summed E-state index contributed by atoms with van der Waals surface area (Å²) >= 11 is 6.11. The Hall–Kier alpha value is -2.20. The van der Waals surface area contributed by atoms with E-state index < -0.39 is 0 Å². The maximum Gasteiger partial charge on any atom is 0.231 e. The van der Waals surface area contributed by atoms with E-state index in [-0.39, 0.29) is 0 Å². The van der Waals surface area contributed by atoms with Crippen molar-refractivity contribution in [3.63, 3.8) is 0 Å². The predicted molar refractivity (Wildman–Crippen MR) is 93.8 cm³/mol. The second kappa shape index (κ2) is 6.92. The molecule has 0 bridgehead atoms. The lowest BCUT2D eigenvalue weighted by Gasteiger charge is -2.06. The summed E-state index contributed by atoms with van der Waals surface area (Å²) in [7, 11) is 0. The number of nitrogens with one attached hydrogen (secondary N) is 1. The van der Waals surface area contributed by atoms with Crippen LogP contribution in [0.3, 0.4) is 0 Å². The number of hydrogen-bond donors (Lipinski definition) is 1. The number of benzene rings is 2. The summed E-state index contributed by atoms with van der Waals surface area (Å²) in [6, 6.07) is 11.9. The van der Waals surface area contributed by atoms with Gasteiger partial charge in [0.1, 0.15) is 0 Å². The number of anilines is 1. The van der Waals surface area contributed by atoms with Crippen LogP contribution in [0.15, 0.2) is 41.5 Å². The molecule has 1 heterocycles. The minimum atomic E-state index is 0.308. The van der Waals surface area contributed by atoms with Crippen LogP contribution in [-0.2, 0) is 6.42 Å². The van der Waals surface area contributed by atoms with Crippen LogP contribution in [0, 0.1) is 6.92 Å². The fourth-order valence-electron chi connectivity index (χ4n) is 2.30. The van der Waals surface area contributed by atoms with Crippen LogP contribution in [-0.4, -0.2) is 12.5 Å². The van der Waals surface area contributed by atoms with Gasteiger partial charge in [0, 0.05) is 10.7 Å². The van der Waals surface area contributed by atoms with E-state index in [0.717, 1.165) is 46.3 Å². The maximum absolute atomic E-state index is 6.11. The molecule has 0 amide bonds. The number of ether oxygens (including phenoxy) is 2. The highest BCUT2D eigenvalue weighted by atomic mass is 35.5. The molecular weight excluding hydrogens is 312 g/mol. The minimum absolute atomic E-state index is 0.308. The molecule has 0 saturated carbocycles. The van der Waals surface area contributed by atoms with Gasteiger partial charge in [0.05, 0.1) is 5.69 Å². The second-order valence-electron chi connectivity index (χ2n) is 5.61. The van der Waals surface area contributed by atoms with Crippen LogP contribution in [0.2, 0.25) is 5.02 Å². The molecule has 0 saturated heterocycles. The zero-order chi connectivity index (χ0) is 16.2. The molecule has 0 fully saturated rings. The number of rotatable bonds is 5. The van der Waals surface area contributed by atoms with Crippen LogP contribution in [0.25, 0.3) is 0 Å². The van der Waals surface area contributed by atoms with E-state index in [1.54, 1.807) is 0 Å². The molecule has 0 unspecified atom stereocenters. The monoisotopic (exact) mass is 330 g/mol. The molecule has 5 heteroatoms. The topological polar surface area (TPSA) is 42.9 Å². The van der Waals surface area contributed by atoms with Crippen molar-refractivity contribution in [3.05, 3.63) is 52.5 Å². The Morgan fingerprint density at radius 2 is 2.00 bits per heavy atom. The molecule has 1 N–H and O–H groups in total. The molecule has 3 rings (SSSR count). The van der Waals surface area contributed by atoms with Crippen LogP contribution in [0.4, 0.5) is 5.69 Å². The Morgan fingerprint density at radius 3 is 2.83 bits per heavy atom. The van der Waals surface area contributed by atoms with E-state index in [0.29, 0.717) is 6.79 Å². The fraction of sp³-hybridized carbons (Fsp3) is 0.278. The van der Waals surface area contributed by atoms with Gasteiger partial charge < -0.3 is 9.47 Å². The van der Waals surface area contributed by atoms with Gasteiger partial charge in [-0.15, -0.1) is 0 Å². The van der Waals surface area contributed by atoms with Crippen LogP contribution in [0.1, 0.15) is 24.5 Å². The van der Waals surface area contributed by atoms with Gasteiger partial charge in [-0.3, -0.25) is 5.43 Å². The first-order valence-corrected chi connectivity index (χ1v) is 7.93. The number of hydrazone groups is 1. The number of aryl methyl sites for hydroxylation is 2. The van der Waals surface area contributed by atoms with E-state index in [4.69, 9.17) is 21.1 Å². The van der Waals surface area contributed by atoms with Gasteiger partial charge in [-0.05, 0) is 62.1 Å². The lowest BCUT2D eigenvalue weighted by atomic mass is 10.1. The average molecular weight is 331 g/mol. The Balaban J connectivity index is 1.56. The number of halogens is 1. The van der Waals surface area contributed by atoms with Gasteiger partial charge in [-0.2, -0.15) is 5.10 Å². The summed E-state index contributed by atoms with van der Waals surface area (Å²) in [5, 5.41) is 5.14. The lowest BCUT2D eigenvalue weighted by molar-refractivity contribution is 0.174. The first kappa shape index (κ1) is 15.7. The molecule has 0 aliphatic carbocycles. The molecule has 120 valence electrons. The van der Waals surface area contributed by atoms with Crippen LogP contribution < -0.4 is 14.9 Å². The largest absolute Gasteiger partial charge is 0.454 e. The molecule has 0 radical (unpaired) electrons. The maximum atomic E-state index is 6.11. The molecule has 0 atom stereocenters. The molecule has 1 aliphatic heterocycles. The summed E-state index contributed by atoms with van der Waals surface area (Å²) in [6.07, 6.45) is 1.77. The molecule has 0 aromatic heterocycles. The zero-order valence-corrected chi connectivity index (χ0v) is 14.0. The van der Waals surface area contributed by atoms with Gasteiger partial charge in [-0.25, -0.2) is 0 Å². The second-order valence-corrected chi connectivity index (χ2v) is 6.02. The van der Waals surface area contributed by atoms with Gasteiger partial charge in [-0.1, -0.05) is 23.7 Å². The molecule has 1 aliphatic rings. The van der Waals surface area contributed by atoms with Crippen molar-refractivity contribution < 1.29 is 9.47 Å². The summed E-state index contributed by atoms with van der Waals surface area (Å²) in [6.45, 7) is 4.30. The molecule has 4 nitrogen and oxygen atoms in total. The Morgan fingerprint density at radius 1 is 1.17 bits per heavy atom. The van der Waals surface area contributed by atoms with E-state index >= 15 is 0 Å². The number of nitrogens with zero attached hydrogens (tertiary/aromatic N) is 1. The standard InChI is InChI=1S/C18H19ClN2O2/c1-12-3-7-15(10-16(12)19)21-20-13(2)4-5-14-6-8-17-18(9-14)23-11-22-17/h3,6-10,21H,4-5,11H2,1-2H3/b20-13+. The Labute approximate surface area is 141 Å². The number of hydrogen-bond acceptors (Lipinski definition) is 4. The smallest absolute Gasteiger partial charge is 0.231 e. The molecule has 23 heavy (non-hydrogen) atoms. The zero-order valence-electron chi connectivity index (χ0n) is 13.2. The first-order chi connectivity index (χ1) is 11.1. The Kier molecular flexibility index (Phi) is 4.72. The number of fused-ring (bicyclic) bond motifs is 1. The third kappa shape index (κ3) is 3.96. The predicted octanol–water partition coefficient (Wildman–Crippen LogP) is 4.80. The van der Waals surface area contributed by atoms with Crippen LogP contribution in [0.5, 0.6) is 11.5 Å². The third-order valence-electron chi connectivity index (χ3n) is 3.76. The SMILES string of the molecule is C/C(CCc1ccc2c(c1)OCO2)=N\Nc1ccc(C)c(Cl)c1. The first-order valence-electron chi connectivity index (χ1n) is 7.55. The van der Waals surface area contributed by atoms with Gasteiger partial charge >= 0.3 is 0 Å². The molecule has 2 aromatic carbocycles. The van der Waals surface area contributed by atoms with Crippen molar-refractivity contribution in [3.8, 4) is 11.5 Å². The fourth-order valence-corrected chi connectivity index (χ4v) is 2.48. The van der Waals surface area contributed by atoms with Crippen molar-refractivity contribution in [1.29, 1.82) is 0 Å². The highest BCUT2D eigenvalue weighted by molar-refractivity contribution is 6.31. The summed E-state index contributed by atoms with van der Waals surface area (Å²) in [5.41, 5.74) is 7.23. The van der Waals surface area contributed by atoms with Crippen LogP contribution >= 0.6 is 11.6 Å². The van der Waals surface area contributed by atoms with E-state index in [2.05, 4.69) is 16.6 Å². The van der Waals surface area contributed by atoms with Gasteiger partial charge in [0.2, 0.25) is 6.79 Å². The highest BCUT2D eigenvalue weighted by Gasteiger charge is 2.12. The van der Waals surface area contributed by atoms with Crippen molar-refractivity contribution >= 4 is 23.0 Å². The quantitative estimate of drug-likeness (QED) is 0.632. The Bertz CT molecular complexity index is 744. The normalized spacial score (nSPS) is 13.3.